The first-order chi connectivity index (χ1) is 12.9. The number of amides is 1. The van der Waals surface area contributed by atoms with E-state index in [4.69, 9.17) is 4.42 Å². The van der Waals surface area contributed by atoms with Crippen LogP contribution < -0.4 is 10.9 Å². The van der Waals surface area contributed by atoms with Crippen LogP contribution in [0, 0.1) is 20.8 Å². The lowest BCUT2D eigenvalue weighted by Gasteiger charge is -2.05. The molecule has 0 spiro atoms. The summed E-state index contributed by atoms with van der Waals surface area (Å²) in [6.07, 6.45) is 0.441. The zero-order valence-corrected chi connectivity index (χ0v) is 16.0. The summed E-state index contributed by atoms with van der Waals surface area (Å²) in [6.45, 7) is 6.04. The summed E-state index contributed by atoms with van der Waals surface area (Å²) in [7, 11) is 0. The molecule has 4 rings (SSSR count). The third-order valence-corrected chi connectivity index (χ3v) is 5.59. The van der Waals surface area contributed by atoms with E-state index in [-0.39, 0.29) is 11.5 Å². The number of hydrogen-bond acceptors (Lipinski definition) is 6. The molecule has 0 unspecified atom stereocenters. The maximum absolute atomic E-state index is 12.3. The summed E-state index contributed by atoms with van der Waals surface area (Å²) < 4.78 is 5.46. The number of rotatable bonds is 4. The van der Waals surface area contributed by atoms with E-state index in [1.165, 1.54) is 11.3 Å². The molecule has 1 amide bonds. The second-order valence-corrected chi connectivity index (χ2v) is 7.60. The van der Waals surface area contributed by atoms with Gasteiger partial charge in [0.05, 0.1) is 5.39 Å². The minimum absolute atomic E-state index is 0.130. The predicted octanol–water partition coefficient (Wildman–Crippen LogP) is 3.02. The van der Waals surface area contributed by atoms with Crippen molar-refractivity contribution >= 4 is 38.6 Å². The van der Waals surface area contributed by atoms with Crippen LogP contribution in [0.2, 0.25) is 0 Å². The molecule has 8 heteroatoms. The molecule has 4 aromatic rings. The molecule has 0 fully saturated rings. The van der Waals surface area contributed by atoms with Crippen molar-refractivity contribution in [2.24, 2.45) is 0 Å². The standard InChI is InChI=1S/C19H18N4O3S/c1-9-10(2)27-19-16(9)18(25)22-15(23-19)6-7-20-17(24)12-4-5-13-14(8-12)26-11(3)21-13/h4-5,8H,6-7H2,1-3H3,(H,20,24)(H,22,23,25). The first-order valence-electron chi connectivity index (χ1n) is 8.56. The normalized spacial score (nSPS) is 11.4. The van der Waals surface area contributed by atoms with Gasteiger partial charge in [-0.1, -0.05) is 0 Å². The van der Waals surface area contributed by atoms with Gasteiger partial charge in [-0.3, -0.25) is 9.59 Å². The lowest BCUT2D eigenvalue weighted by atomic mass is 10.2. The van der Waals surface area contributed by atoms with Crippen molar-refractivity contribution in [1.29, 1.82) is 0 Å². The monoisotopic (exact) mass is 382 g/mol. The smallest absolute Gasteiger partial charge is 0.259 e. The summed E-state index contributed by atoms with van der Waals surface area (Å²) in [5, 5.41) is 3.50. The molecule has 0 aliphatic rings. The van der Waals surface area contributed by atoms with Crippen molar-refractivity contribution in [1.82, 2.24) is 20.3 Å². The number of thiophene rings is 1. The predicted molar refractivity (Wildman–Crippen MR) is 104 cm³/mol. The Morgan fingerprint density at radius 2 is 2.07 bits per heavy atom. The summed E-state index contributed by atoms with van der Waals surface area (Å²) in [6, 6.07) is 5.15. The molecular formula is C19H18N4O3S. The van der Waals surface area contributed by atoms with Crippen LogP contribution in [0.15, 0.2) is 27.4 Å². The van der Waals surface area contributed by atoms with E-state index in [1.54, 1.807) is 25.1 Å². The van der Waals surface area contributed by atoms with Crippen LogP contribution in [0.5, 0.6) is 0 Å². The Labute approximate surface area is 158 Å². The molecule has 0 saturated carbocycles. The SMILES string of the molecule is Cc1nc2ccc(C(=O)NCCc3nc4sc(C)c(C)c4c(=O)[nH]3)cc2o1. The molecule has 0 aliphatic heterocycles. The highest BCUT2D eigenvalue weighted by atomic mass is 32.1. The molecule has 138 valence electrons. The fourth-order valence-corrected chi connectivity index (χ4v) is 4.04. The van der Waals surface area contributed by atoms with Crippen molar-refractivity contribution in [3.63, 3.8) is 0 Å². The summed E-state index contributed by atoms with van der Waals surface area (Å²) in [5.74, 6) is 0.916. The Kier molecular flexibility index (Phi) is 4.27. The molecule has 3 aromatic heterocycles. The third-order valence-electron chi connectivity index (χ3n) is 4.49. The van der Waals surface area contributed by atoms with Gasteiger partial charge >= 0.3 is 0 Å². The molecule has 3 heterocycles. The zero-order valence-electron chi connectivity index (χ0n) is 15.2. The van der Waals surface area contributed by atoms with Gasteiger partial charge in [0.2, 0.25) is 0 Å². The fourth-order valence-electron chi connectivity index (χ4n) is 3.00. The van der Waals surface area contributed by atoms with E-state index in [2.05, 4.69) is 20.3 Å². The minimum atomic E-state index is -0.211. The van der Waals surface area contributed by atoms with Gasteiger partial charge in [-0.2, -0.15) is 0 Å². The number of hydrogen-bond donors (Lipinski definition) is 2. The quantitative estimate of drug-likeness (QED) is 0.565. The number of H-pyrrole nitrogens is 1. The summed E-state index contributed by atoms with van der Waals surface area (Å²) in [4.78, 5) is 38.0. The number of fused-ring (bicyclic) bond motifs is 2. The molecule has 0 radical (unpaired) electrons. The lowest BCUT2D eigenvalue weighted by molar-refractivity contribution is 0.0954. The largest absolute Gasteiger partial charge is 0.441 e. The highest BCUT2D eigenvalue weighted by molar-refractivity contribution is 7.18. The molecule has 0 aliphatic carbocycles. The number of oxazole rings is 1. The maximum Gasteiger partial charge on any atom is 0.259 e. The molecule has 0 atom stereocenters. The van der Waals surface area contributed by atoms with Crippen LogP contribution in [0.25, 0.3) is 21.3 Å². The summed E-state index contributed by atoms with van der Waals surface area (Å²) >= 11 is 1.51. The molecule has 1 aromatic carbocycles. The average molecular weight is 382 g/mol. The first-order valence-corrected chi connectivity index (χ1v) is 9.38. The number of aryl methyl sites for hydroxylation is 3. The fraction of sp³-hybridized carbons (Fsp3) is 0.263. The maximum atomic E-state index is 12.3. The van der Waals surface area contributed by atoms with E-state index in [9.17, 15) is 9.59 Å². The van der Waals surface area contributed by atoms with E-state index in [0.717, 1.165) is 20.8 Å². The Balaban J connectivity index is 1.46. The highest BCUT2D eigenvalue weighted by Gasteiger charge is 2.13. The van der Waals surface area contributed by atoms with Crippen molar-refractivity contribution in [3.8, 4) is 0 Å². The molecule has 0 bridgehead atoms. The average Bonchev–Trinajstić information content (AvgIpc) is 3.13. The van der Waals surface area contributed by atoms with Crippen LogP contribution >= 0.6 is 11.3 Å². The Hall–Kier alpha value is -3.00. The van der Waals surface area contributed by atoms with Gasteiger partial charge in [-0.25, -0.2) is 9.97 Å². The van der Waals surface area contributed by atoms with Gasteiger partial charge in [0.25, 0.3) is 11.5 Å². The van der Waals surface area contributed by atoms with Gasteiger partial charge in [-0.05, 0) is 37.6 Å². The summed E-state index contributed by atoms with van der Waals surface area (Å²) in [5.41, 5.74) is 2.65. The number of benzene rings is 1. The van der Waals surface area contributed by atoms with E-state index < -0.39 is 0 Å². The topological polar surface area (TPSA) is 101 Å². The van der Waals surface area contributed by atoms with Crippen LogP contribution in [0.3, 0.4) is 0 Å². The minimum Gasteiger partial charge on any atom is -0.441 e. The van der Waals surface area contributed by atoms with Crippen LogP contribution in [0.4, 0.5) is 0 Å². The van der Waals surface area contributed by atoms with E-state index in [1.807, 2.05) is 13.8 Å². The number of aromatic nitrogens is 3. The third kappa shape index (κ3) is 3.23. The van der Waals surface area contributed by atoms with Crippen LogP contribution in [-0.2, 0) is 6.42 Å². The van der Waals surface area contributed by atoms with Crippen LogP contribution in [-0.4, -0.2) is 27.4 Å². The Morgan fingerprint density at radius 1 is 1.26 bits per heavy atom. The van der Waals surface area contributed by atoms with Crippen molar-refractivity contribution < 1.29 is 9.21 Å². The van der Waals surface area contributed by atoms with E-state index in [0.29, 0.717) is 41.2 Å². The lowest BCUT2D eigenvalue weighted by Crippen LogP contribution is -2.26. The Morgan fingerprint density at radius 3 is 2.89 bits per heavy atom. The number of nitrogens with zero attached hydrogens (tertiary/aromatic N) is 2. The second kappa shape index (κ2) is 6.62. The van der Waals surface area contributed by atoms with Gasteiger partial charge < -0.3 is 14.7 Å². The number of carbonyl (C=O) groups excluding carboxylic acids is 1. The van der Waals surface area contributed by atoms with Crippen molar-refractivity contribution in [2.75, 3.05) is 6.54 Å². The molecule has 2 N–H and O–H groups in total. The Bertz CT molecular complexity index is 1240. The van der Waals surface area contributed by atoms with Crippen molar-refractivity contribution in [2.45, 2.75) is 27.2 Å². The van der Waals surface area contributed by atoms with Gasteiger partial charge in [0, 0.05) is 30.3 Å². The first kappa shape index (κ1) is 17.4. The zero-order chi connectivity index (χ0) is 19.1. The van der Waals surface area contributed by atoms with E-state index >= 15 is 0 Å². The van der Waals surface area contributed by atoms with Crippen molar-refractivity contribution in [3.05, 3.63) is 56.3 Å². The number of nitrogens with one attached hydrogen (secondary N) is 2. The number of carbonyl (C=O) groups is 1. The van der Waals surface area contributed by atoms with Crippen LogP contribution in [0.1, 0.15) is 32.5 Å². The highest BCUT2D eigenvalue weighted by Crippen LogP contribution is 2.25. The molecule has 0 saturated heterocycles. The number of aromatic amines is 1. The van der Waals surface area contributed by atoms with Gasteiger partial charge in [-0.15, -0.1) is 11.3 Å². The second-order valence-electron chi connectivity index (χ2n) is 6.40. The molecular weight excluding hydrogens is 364 g/mol. The molecule has 27 heavy (non-hydrogen) atoms. The molecule has 7 nitrogen and oxygen atoms in total. The van der Waals surface area contributed by atoms with Gasteiger partial charge in [0.15, 0.2) is 11.5 Å². The van der Waals surface area contributed by atoms with Gasteiger partial charge in [0.1, 0.15) is 16.2 Å².